The summed E-state index contributed by atoms with van der Waals surface area (Å²) >= 11 is 12.9. The molecule has 0 unspecified atom stereocenters. The van der Waals surface area contributed by atoms with E-state index in [1.165, 1.54) is 6.07 Å². The summed E-state index contributed by atoms with van der Waals surface area (Å²) in [5.41, 5.74) is 2.94. The first-order valence-corrected chi connectivity index (χ1v) is 14.4. The fraction of sp³-hybridized carbons (Fsp3) is 0.433. The Morgan fingerprint density at radius 3 is 2.62 bits per heavy atom. The van der Waals surface area contributed by atoms with E-state index in [2.05, 4.69) is 5.16 Å². The van der Waals surface area contributed by atoms with Crippen LogP contribution in [0.2, 0.25) is 10.0 Å². The standard InChI is InChI=1S/C30H29Cl2FN2O5/c1-2-38-26(36)11-7-16-6-10-24(23(33)12-16)35-18-13-19(30(35)37)25(14-18)39-15-20-28(34-40-29(20)17-8-9-17)27-21(31)4-3-5-22(27)32/h3-6,10,12,17-19,25H,2,7-9,11,13-15H2,1H3/t18-,19+,25+/m0/s1. The fourth-order valence-corrected chi connectivity index (χ4v) is 6.50. The molecule has 3 aromatic rings. The number of halogens is 3. The van der Waals surface area contributed by atoms with E-state index in [1.807, 2.05) is 0 Å². The van der Waals surface area contributed by atoms with Gasteiger partial charge in [0.1, 0.15) is 17.3 Å². The molecule has 1 amide bonds. The third-order valence-electron chi connectivity index (χ3n) is 8.00. The number of nitrogens with zero attached hydrogens (tertiary/aromatic N) is 2. The number of hydrogen-bond acceptors (Lipinski definition) is 6. The van der Waals surface area contributed by atoms with Crippen LogP contribution in [-0.2, 0) is 32.1 Å². The molecule has 1 aromatic heterocycles. The summed E-state index contributed by atoms with van der Waals surface area (Å²) in [7, 11) is 0. The number of aryl methyl sites for hydroxylation is 1. The van der Waals surface area contributed by atoms with Crippen LogP contribution in [0.25, 0.3) is 11.3 Å². The largest absolute Gasteiger partial charge is 0.466 e. The van der Waals surface area contributed by atoms with E-state index in [-0.39, 0.29) is 48.7 Å². The van der Waals surface area contributed by atoms with Crippen LogP contribution in [0, 0.1) is 11.7 Å². The van der Waals surface area contributed by atoms with Gasteiger partial charge in [-0.2, -0.15) is 0 Å². The van der Waals surface area contributed by atoms with Crippen LogP contribution in [0.4, 0.5) is 10.1 Å². The van der Waals surface area contributed by atoms with E-state index in [0.717, 1.165) is 24.2 Å². The lowest BCUT2D eigenvalue weighted by Crippen LogP contribution is -2.43. The van der Waals surface area contributed by atoms with Crippen molar-refractivity contribution in [2.45, 2.75) is 70.1 Å². The average Bonchev–Trinajstić information content (AvgIpc) is 3.44. The van der Waals surface area contributed by atoms with Crippen molar-refractivity contribution in [1.82, 2.24) is 5.16 Å². The zero-order chi connectivity index (χ0) is 28.0. The number of aromatic nitrogens is 1. The summed E-state index contributed by atoms with van der Waals surface area (Å²) < 4.78 is 32.1. The van der Waals surface area contributed by atoms with Crippen molar-refractivity contribution in [3.8, 4) is 11.3 Å². The summed E-state index contributed by atoms with van der Waals surface area (Å²) in [5.74, 6) is -0.207. The van der Waals surface area contributed by atoms with Gasteiger partial charge >= 0.3 is 5.97 Å². The van der Waals surface area contributed by atoms with Gasteiger partial charge in [-0.05, 0) is 68.9 Å². The van der Waals surface area contributed by atoms with Crippen molar-refractivity contribution in [3.63, 3.8) is 0 Å². The molecule has 0 N–H and O–H groups in total. The summed E-state index contributed by atoms with van der Waals surface area (Å²) in [6.07, 6.45) is 3.51. The molecular weight excluding hydrogens is 558 g/mol. The SMILES string of the molecule is CCOC(=O)CCc1ccc(N2C(=O)[C@@H]3C[C@H]2C[C@H]3OCc2c(-c3c(Cl)cccc3Cl)noc2C2CC2)c(F)c1. The first-order chi connectivity index (χ1) is 19.4. The van der Waals surface area contributed by atoms with E-state index >= 15 is 4.39 Å². The molecule has 7 nitrogen and oxygen atoms in total. The van der Waals surface area contributed by atoms with Crippen molar-refractivity contribution in [2.24, 2.45) is 5.92 Å². The molecular formula is C30H29Cl2FN2O5. The lowest BCUT2D eigenvalue weighted by atomic mass is 10.0. The number of carbonyl (C=O) groups excluding carboxylic acids is 2. The van der Waals surface area contributed by atoms with E-state index in [9.17, 15) is 9.59 Å². The number of benzene rings is 2. The van der Waals surface area contributed by atoms with Gasteiger partial charge in [-0.1, -0.05) is 40.5 Å². The molecule has 40 heavy (non-hydrogen) atoms. The minimum atomic E-state index is -0.473. The maximum atomic E-state index is 15.1. The molecule has 2 bridgehead atoms. The van der Waals surface area contributed by atoms with Gasteiger partial charge in [0.15, 0.2) is 0 Å². The van der Waals surface area contributed by atoms with Crippen LogP contribution in [0.3, 0.4) is 0 Å². The number of anilines is 1. The van der Waals surface area contributed by atoms with Gasteiger partial charge < -0.3 is 18.9 Å². The highest BCUT2D eigenvalue weighted by molar-refractivity contribution is 6.39. The first-order valence-electron chi connectivity index (χ1n) is 13.7. The van der Waals surface area contributed by atoms with Gasteiger partial charge in [-0.15, -0.1) is 0 Å². The Morgan fingerprint density at radius 2 is 1.95 bits per heavy atom. The molecule has 3 atom stereocenters. The van der Waals surface area contributed by atoms with Crippen molar-refractivity contribution in [3.05, 3.63) is 69.1 Å². The zero-order valence-corrected chi connectivity index (χ0v) is 23.5. The molecule has 1 aliphatic heterocycles. The number of esters is 1. The van der Waals surface area contributed by atoms with Crippen LogP contribution in [0.5, 0.6) is 0 Å². The molecule has 2 heterocycles. The predicted octanol–water partition coefficient (Wildman–Crippen LogP) is 6.87. The smallest absolute Gasteiger partial charge is 0.306 e. The molecule has 2 aliphatic carbocycles. The number of fused-ring (bicyclic) bond motifs is 2. The maximum Gasteiger partial charge on any atom is 0.306 e. The molecule has 2 aromatic carbocycles. The maximum absolute atomic E-state index is 15.1. The Bertz CT molecular complexity index is 1440. The van der Waals surface area contributed by atoms with Gasteiger partial charge in [-0.25, -0.2) is 4.39 Å². The molecule has 0 spiro atoms. The molecule has 3 aliphatic rings. The van der Waals surface area contributed by atoms with Crippen LogP contribution < -0.4 is 4.90 Å². The van der Waals surface area contributed by atoms with Crippen molar-refractivity contribution in [2.75, 3.05) is 11.5 Å². The highest BCUT2D eigenvalue weighted by Gasteiger charge is 2.52. The van der Waals surface area contributed by atoms with Gasteiger partial charge in [0.2, 0.25) is 5.91 Å². The van der Waals surface area contributed by atoms with Gasteiger partial charge in [-0.3, -0.25) is 9.59 Å². The molecule has 6 rings (SSSR count). The number of hydrogen-bond donors (Lipinski definition) is 0. The third kappa shape index (κ3) is 5.13. The van der Waals surface area contributed by atoms with Gasteiger partial charge in [0.05, 0.1) is 41.0 Å². The quantitative estimate of drug-likeness (QED) is 0.241. The van der Waals surface area contributed by atoms with Crippen molar-refractivity contribution < 1.29 is 28.0 Å². The third-order valence-corrected chi connectivity index (χ3v) is 8.63. The number of carbonyl (C=O) groups is 2. The van der Waals surface area contributed by atoms with E-state index in [4.69, 9.17) is 37.2 Å². The van der Waals surface area contributed by atoms with Crippen molar-refractivity contribution >= 4 is 40.8 Å². The molecule has 210 valence electrons. The van der Waals surface area contributed by atoms with Crippen LogP contribution in [0.15, 0.2) is 40.9 Å². The minimum absolute atomic E-state index is 0.137. The Labute approximate surface area is 241 Å². The summed E-state index contributed by atoms with van der Waals surface area (Å²) in [6.45, 7) is 2.28. The minimum Gasteiger partial charge on any atom is -0.466 e. The normalized spacial score (nSPS) is 21.9. The second-order valence-corrected chi connectivity index (χ2v) is 11.4. The monoisotopic (exact) mass is 586 g/mol. The Hall–Kier alpha value is -2.94. The molecule has 3 fully saturated rings. The molecule has 2 saturated carbocycles. The Kier molecular flexibility index (Phi) is 7.59. The number of piperidine rings is 1. The number of ether oxygens (including phenoxy) is 2. The van der Waals surface area contributed by atoms with E-state index < -0.39 is 5.82 Å². The summed E-state index contributed by atoms with van der Waals surface area (Å²) in [4.78, 5) is 26.6. The highest BCUT2D eigenvalue weighted by Crippen LogP contribution is 2.48. The van der Waals surface area contributed by atoms with Crippen LogP contribution in [-0.4, -0.2) is 35.8 Å². The topological polar surface area (TPSA) is 81.9 Å². The second-order valence-electron chi connectivity index (χ2n) is 10.6. The van der Waals surface area contributed by atoms with Gasteiger partial charge in [0.25, 0.3) is 0 Å². The lowest BCUT2D eigenvalue weighted by molar-refractivity contribution is -0.143. The Morgan fingerprint density at radius 1 is 1.18 bits per heavy atom. The average molecular weight is 587 g/mol. The lowest BCUT2D eigenvalue weighted by Gasteiger charge is -2.31. The van der Waals surface area contributed by atoms with Crippen LogP contribution in [0.1, 0.15) is 61.8 Å². The van der Waals surface area contributed by atoms with E-state index in [1.54, 1.807) is 42.2 Å². The fourth-order valence-electron chi connectivity index (χ4n) is 5.92. The van der Waals surface area contributed by atoms with E-state index in [0.29, 0.717) is 58.7 Å². The summed E-state index contributed by atoms with van der Waals surface area (Å²) in [6, 6.07) is 9.93. The Balaban J connectivity index is 1.15. The number of rotatable bonds is 10. The highest BCUT2D eigenvalue weighted by atomic mass is 35.5. The second kappa shape index (κ2) is 11.1. The molecule has 10 heteroatoms. The zero-order valence-electron chi connectivity index (χ0n) is 22.0. The first kappa shape index (κ1) is 27.2. The molecule has 1 saturated heterocycles. The number of amides is 1. The summed E-state index contributed by atoms with van der Waals surface area (Å²) in [5, 5.41) is 5.26. The predicted molar refractivity (Wildman–Crippen MR) is 148 cm³/mol. The van der Waals surface area contributed by atoms with Gasteiger partial charge in [0, 0.05) is 29.5 Å². The molecule has 0 radical (unpaired) electrons. The van der Waals surface area contributed by atoms with Crippen LogP contribution >= 0.6 is 23.2 Å². The van der Waals surface area contributed by atoms with Crippen molar-refractivity contribution in [1.29, 1.82) is 0 Å².